The number of nitrogens with one attached hydrogen (secondary N) is 1. The predicted molar refractivity (Wildman–Crippen MR) is 25.6 cm³/mol. The molecule has 3 N–H and O–H groups in total. The molecule has 0 aromatic heterocycles. The van der Waals surface area contributed by atoms with Crippen LogP contribution in [0.15, 0.2) is 0 Å². The average Bonchev–Trinajstić information content (AvgIpc) is 0.918. The molecule has 0 amide bonds. The van der Waals surface area contributed by atoms with Gasteiger partial charge in [0.25, 0.3) is 0 Å². The van der Waals surface area contributed by atoms with E-state index < -0.39 is 0 Å². The number of hydrogen-bond donors (Lipinski definition) is 1. The van der Waals surface area contributed by atoms with Crippen molar-refractivity contribution in [3.63, 3.8) is 0 Å². The Bertz CT molecular complexity index is 16.3. The monoisotopic (exact) mass is 113 g/mol. The van der Waals surface area contributed by atoms with E-state index in [4.69, 9.17) is 10.1 Å². The maximum atomic E-state index is 8.12. The van der Waals surface area contributed by atoms with E-state index in [1.54, 1.807) is 0 Å². The summed E-state index contributed by atoms with van der Waals surface area (Å²) in [4.78, 5) is 8.12. The zero-order chi connectivity index (χ0) is 2.71. The minimum absolute atomic E-state index is 0. The molecule has 0 aliphatic heterocycles. The van der Waals surface area contributed by atoms with Crippen LogP contribution in [0.4, 0.5) is 0 Å². The van der Waals surface area contributed by atoms with Gasteiger partial charge < -0.3 is 5.48 Å². The van der Waals surface area contributed by atoms with E-state index in [2.05, 4.69) is 0 Å². The van der Waals surface area contributed by atoms with Crippen molar-refractivity contribution in [1.82, 2.24) is 0 Å². The van der Waals surface area contributed by atoms with Crippen LogP contribution in [-0.2, 0) is 0 Å². The van der Waals surface area contributed by atoms with Crippen LogP contribution in [0.25, 0.3) is 0 Å². The van der Waals surface area contributed by atoms with Crippen molar-refractivity contribution in [2.24, 2.45) is 0 Å². The Morgan fingerprint density at radius 2 is 1.33 bits per heavy atom. The van der Waals surface area contributed by atoms with E-state index in [1.807, 2.05) is 0 Å². The summed E-state index contributed by atoms with van der Waals surface area (Å²) in [6.07, 6.45) is 0. The molecule has 0 rings (SSSR count). The first kappa shape index (κ1) is 26.4. The fraction of sp³-hybridized carbons (Fsp3) is 0. The quantitative estimate of drug-likeness (QED) is 0.198. The minimum atomic E-state index is 0. The van der Waals surface area contributed by atoms with Crippen LogP contribution >= 0.6 is 0 Å². The van der Waals surface area contributed by atoms with Crippen molar-refractivity contribution in [2.45, 2.75) is 0 Å². The zero-order valence-corrected chi connectivity index (χ0v) is 1.82. The van der Waals surface area contributed by atoms with Crippen LogP contribution < -0.4 is 5.34 Å². The summed E-state index contributed by atoms with van der Waals surface area (Å²) in [5.41, 5.74) is 0. The third-order valence-corrected chi connectivity index (χ3v) is 0. The molecule has 0 radical (unpaired) electrons. The van der Waals surface area contributed by atoms with E-state index in [0.29, 0.717) is 0 Å². The molecule has 0 atom stereocenters. The van der Waals surface area contributed by atoms with Crippen LogP contribution in [0.2, 0.25) is 0 Å². The summed E-state index contributed by atoms with van der Waals surface area (Å²) in [6.45, 7) is 0. The molecule has 0 heterocycles. The Kier molecular flexibility index (Phi) is 144. The number of hydrogen-bond acceptors (Lipinski definition) is 2. The summed E-state index contributed by atoms with van der Waals surface area (Å²) >= 11 is 0. The Balaban J connectivity index is -0.00000000667. The molecule has 6 heavy (non-hydrogen) atoms. The Hall–Kier alpha value is 1.36. The first-order chi connectivity index (χ1) is 1.41. The molecule has 0 aromatic rings. The van der Waals surface area contributed by atoms with Crippen molar-refractivity contribution in [1.29, 1.82) is 0 Å². The van der Waals surface area contributed by atoms with Gasteiger partial charge in [0.1, 0.15) is 0 Å². The van der Waals surface area contributed by atoms with E-state index in [0.717, 1.165) is 0 Å². The van der Waals surface area contributed by atoms with E-state index in [-0.39, 0.29) is 69.9 Å². The van der Waals surface area contributed by atoms with Gasteiger partial charge in [-0.2, -0.15) is 0 Å². The second-order valence-corrected chi connectivity index (χ2v) is 0.0833. The van der Waals surface area contributed by atoms with Crippen molar-refractivity contribution in [3.05, 3.63) is 10.1 Å². The van der Waals surface area contributed by atoms with Crippen molar-refractivity contribution in [2.75, 3.05) is 0 Å². The van der Waals surface area contributed by atoms with Gasteiger partial charge in [0, 0.05) is 5.34 Å². The normalized spacial score (nSPS) is 2.00. The molecule has 0 aliphatic carbocycles. The standard InChI is InChI=1S/HNO2.2Na.H2O.2H/c2-1-3;;;;;/h1H;;;1H2;;. The Morgan fingerprint density at radius 1 is 1.33 bits per heavy atom. The first-order valence-electron chi connectivity index (χ1n) is 0.408. The second kappa shape index (κ2) is 32.8. The molecule has 0 saturated heterocycles. The average molecular weight is 113 g/mol. The first-order valence-corrected chi connectivity index (χ1v) is 0.408. The van der Waals surface area contributed by atoms with Gasteiger partial charge in [0.2, 0.25) is 0 Å². The third kappa shape index (κ3) is 55.1. The molecule has 0 fully saturated rings. The van der Waals surface area contributed by atoms with Gasteiger partial charge in [-0.25, -0.2) is 0 Å². The molecule has 30 valence electrons. The third-order valence-electron chi connectivity index (χ3n) is 0. The molecule has 0 unspecified atom stereocenters. The van der Waals surface area contributed by atoms with E-state index >= 15 is 0 Å². The van der Waals surface area contributed by atoms with Gasteiger partial charge in [-0.1, -0.05) is 0 Å². The van der Waals surface area contributed by atoms with Gasteiger partial charge >= 0.3 is 59.1 Å². The van der Waals surface area contributed by atoms with E-state index in [9.17, 15) is 0 Å². The van der Waals surface area contributed by atoms with Gasteiger partial charge in [-0.05, 0) is 0 Å². The molecule has 6 heteroatoms. The van der Waals surface area contributed by atoms with Crippen LogP contribution in [0.5, 0.6) is 0 Å². The molecule has 4 nitrogen and oxygen atoms in total. The zero-order valence-electron chi connectivity index (χ0n) is 1.82. The van der Waals surface area contributed by atoms with Crippen LogP contribution in [0, 0.1) is 10.1 Å². The summed E-state index contributed by atoms with van der Waals surface area (Å²) in [5, 5.41) is 8.38. The second-order valence-electron chi connectivity index (χ2n) is 0.0833. The molecular formula is H5NNa2O3. The summed E-state index contributed by atoms with van der Waals surface area (Å²) in [6, 6.07) is 0. The molecule has 0 spiro atoms. The van der Waals surface area contributed by atoms with Gasteiger partial charge in [0.05, 0.1) is 0 Å². The summed E-state index contributed by atoms with van der Waals surface area (Å²) < 4.78 is 0. The molecule has 0 aliphatic rings. The van der Waals surface area contributed by atoms with E-state index in [1.165, 1.54) is 0 Å². The van der Waals surface area contributed by atoms with Gasteiger partial charge in [-0.15, -0.1) is 0 Å². The molecular weight excluding hydrogens is 108 g/mol. The van der Waals surface area contributed by atoms with Crippen molar-refractivity contribution >= 4 is 59.1 Å². The summed E-state index contributed by atoms with van der Waals surface area (Å²) in [7, 11) is 0. The fourth-order valence-electron chi connectivity index (χ4n) is 0. The summed E-state index contributed by atoms with van der Waals surface area (Å²) in [5.74, 6) is 0. The van der Waals surface area contributed by atoms with Crippen LogP contribution in [-0.4, -0.2) is 64.6 Å². The predicted octanol–water partition coefficient (Wildman–Crippen LogP) is -3.79. The van der Waals surface area contributed by atoms with Crippen molar-refractivity contribution < 1.29 is 10.8 Å². The fourth-order valence-corrected chi connectivity index (χ4v) is 0. The van der Waals surface area contributed by atoms with Crippen LogP contribution in [0.3, 0.4) is 0 Å². The van der Waals surface area contributed by atoms with Gasteiger partial charge in [0.15, 0.2) is 0 Å². The molecule has 0 aromatic carbocycles. The Labute approximate surface area is 79.1 Å². The topological polar surface area (TPSA) is 85.6 Å². The Morgan fingerprint density at radius 3 is 1.33 bits per heavy atom. The van der Waals surface area contributed by atoms with Crippen molar-refractivity contribution in [3.8, 4) is 0 Å². The molecule has 0 saturated carbocycles. The SMILES string of the molecule is O.O=[NH+][O-].[NaH].[NaH]. The van der Waals surface area contributed by atoms with Crippen LogP contribution in [0.1, 0.15) is 0 Å². The number of rotatable bonds is 0. The molecule has 0 bridgehead atoms. The maximum absolute atomic E-state index is 8.12. The van der Waals surface area contributed by atoms with Gasteiger partial charge in [-0.3, -0.25) is 10.1 Å².